The molecule has 1 aromatic heterocycles. The lowest BCUT2D eigenvalue weighted by Crippen LogP contribution is -2.35. The zero-order valence-electron chi connectivity index (χ0n) is 15.4. The highest BCUT2D eigenvalue weighted by Gasteiger charge is 2.33. The third-order valence-electron chi connectivity index (χ3n) is 4.55. The Morgan fingerprint density at radius 2 is 2.04 bits per heavy atom. The Balaban J connectivity index is 1.95. The van der Waals surface area contributed by atoms with Crippen LogP contribution in [0, 0.1) is 12.8 Å². The molecule has 2 atom stereocenters. The van der Waals surface area contributed by atoms with Crippen LogP contribution in [0.4, 0.5) is 5.82 Å². The van der Waals surface area contributed by atoms with Crippen molar-refractivity contribution in [3.8, 4) is 0 Å². The maximum atomic E-state index is 12.8. The normalized spacial score (nSPS) is 18.4. The lowest BCUT2D eigenvalue weighted by Gasteiger charge is -2.19. The first-order chi connectivity index (χ1) is 12.8. The monoisotopic (exact) mass is 386 g/mol. The van der Waals surface area contributed by atoms with Crippen LogP contribution in [-0.2, 0) is 14.8 Å². The summed E-state index contributed by atoms with van der Waals surface area (Å²) < 4.78 is 27.0. The van der Waals surface area contributed by atoms with E-state index < -0.39 is 16.1 Å². The number of hydrogen-bond donors (Lipinski definition) is 2. The minimum Gasteiger partial charge on any atom is -0.309 e. The van der Waals surface area contributed by atoms with Crippen molar-refractivity contribution in [2.24, 2.45) is 10.9 Å². The molecule has 2 heterocycles. The lowest BCUT2D eigenvalue weighted by atomic mass is 9.98. The van der Waals surface area contributed by atoms with E-state index in [1.54, 1.807) is 30.5 Å². The summed E-state index contributed by atoms with van der Waals surface area (Å²) in [5, 5.41) is 2.78. The highest BCUT2D eigenvalue weighted by Crippen LogP contribution is 2.24. The molecule has 0 aliphatic carbocycles. The van der Waals surface area contributed by atoms with E-state index in [9.17, 15) is 13.2 Å². The van der Waals surface area contributed by atoms with Gasteiger partial charge in [-0.3, -0.25) is 14.5 Å². The molecule has 0 radical (unpaired) electrons. The molecule has 0 fully saturated rings. The third-order valence-corrected chi connectivity index (χ3v) is 5.95. The van der Waals surface area contributed by atoms with E-state index in [0.29, 0.717) is 17.8 Å². The molecule has 1 aliphatic rings. The molecule has 2 N–H and O–H groups in total. The van der Waals surface area contributed by atoms with Gasteiger partial charge in [-0.15, -0.1) is 0 Å². The molecule has 1 amide bonds. The summed E-state index contributed by atoms with van der Waals surface area (Å²) in [6, 6.07) is 9.46. The SMILES string of the molecule is CCC(C)C(N=C1NS(=O)(=O)c2ccccc21)C(=O)Nc1cc(C)ccn1. The number of amidine groups is 1. The van der Waals surface area contributed by atoms with Crippen molar-refractivity contribution >= 4 is 27.6 Å². The number of fused-ring (bicyclic) bond motifs is 1. The summed E-state index contributed by atoms with van der Waals surface area (Å²) in [4.78, 5) is 21.7. The van der Waals surface area contributed by atoms with Gasteiger partial charge in [0.15, 0.2) is 0 Å². The lowest BCUT2D eigenvalue weighted by molar-refractivity contribution is -0.118. The molecule has 27 heavy (non-hydrogen) atoms. The third kappa shape index (κ3) is 4.00. The number of sulfonamides is 1. The van der Waals surface area contributed by atoms with Crippen molar-refractivity contribution in [2.45, 2.75) is 38.1 Å². The number of nitrogens with zero attached hydrogens (tertiary/aromatic N) is 2. The van der Waals surface area contributed by atoms with Gasteiger partial charge in [0.25, 0.3) is 15.9 Å². The fourth-order valence-electron chi connectivity index (χ4n) is 2.84. The Morgan fingerprint density at radius 3 is 2.74 bits per heavy atom. The quantitative estimate of drug-likeness (QED) is 0.824. The number of anilines is 1. The minimum atomic E-state index is -3.65. The van der Waals surface area contributed by atoms with Crippen molar-refractivity contribution in [3.05, 3.63) is 53.7 Å². The fraction of sp³-hybridized carbons (Fsp3) is 0.316. The number of carbonyl (C=O) groups excluding carboxylic acids is 1. The number of benzene rings is 1. The zero-order valence-corrected chi connectivity index (χ0v) is 16.2. The second kappa shape index (κ2) is 7.48. The van der Waals surface area contributed by atoms with Crippen LogP contribution < -0.4 is 10.0 Å². The Bertz CT molecular complexity index is 1000. The number of pyridine rings is 1. The van der Waals surface area contributed by atoms with Gasteiger partial charge in [-0.1, -0.05) is 32.4 Å². The van der Waals surface area contributed by atoms with Gasteiger partial charge in [0.05, 0.1) is 4.90 Å². The molecule has 0 bridgehead atoms. The van der Waals surface area contributed by atoms with E-state index in [1.807, 2.05) is 26.8 Å². The first-order valence-electron chi connectivity index (χ1n) is 8.75. The van der Waals surface area contributed by atoms with E-state index in [1.165, 1.54) is 6.07 Å². The first kappa shape index (κ1) is 19.0. The molecule has 8 heteroatoms. The molecular formula is C19H22N4O3S. The van der Waals surface area contributed by atoms with E-state index in [-0.39, 0.29) is 22.6 Å². The van der Waals surface area contributed by atoms with Crippen molar-refractivity contribution in [1.82, 2.24) is 9.71 Å². The summed E-state index contributed by atoms with van der Waals surface area (Å²) in [6.07, 6.45) is 2.33. The standard InChI is InChI=1S/C19H22N4O3S/c1-4-13(3)17(19(24)21-16-11-12(2)9-10-20-16)22-18-14-7-5-6-8-15(14)27(25,26)23-18/h5-11,13,17H,4H2,1-3H3,(H,22,23)(H,20,21,24). The number of rotatable bonds is 5. The van der Waals surface area contributed by atoms with Crippen molar-refractivity contribution in [2.75, 3.05) is 5.32 Å². The van der Waals surface area contributed by atoms with Crippen LogP contribution in [0.25, 0.3) is 0 Å². The molecule has 3 rings (SSSR count). The maximum absolute atomic E-state index is 12.8. The van der Waals surface area contributed by atoms with Crippen LogP contribution >= 0.6 is 0 Å². The molecule has 1 aromatic carbocycles. The van der Waals surface area contributed by atoms with E-state index in [4.69, 9.17) is 0 Å². The van der Waals surface area contributed by atoms with Crippen LogP contribution in [-0.4, -0.2) is 31.2 Å². The van der Waals surface area contributed by atoms with Gasteiger partial charge in [0.2, 0.25) is 0 Å². The maximum Gasteiger partial charge on any atom is 0.263 e. The van der Waals surface area contributed by atoms with Crippen molar-refractivity contribution in [1.29, 1.82) is 0 Å². The molecule has 2 unspecified atom stereocenters. The average molecular weight is 386 g/mol. The summed E-state index contributed by atoms with van der Waals surface area (Å²) in [7, 11) is -3.65. The second-order valence-corrected chi connectivity index (χ2v) is 8.27. The molecular weight excluding hydrogens is 364 g/mol. The predicted molar refractivity (Wildman–Crippen MR) is 104 cm³/mol. The van der Waals surface area contributed by atoms with Gasteiger partial charge in [-0.25, -0.2) is 13.4 Å². The number of aryl methyl sites for hydroxylation is 1. The van der Waals surface area contributed by atoms with Crippen molar-refractivity contribution < 1.29 is 13.2 Å². The van der Waals surface area contributed by atoms with Gasteiger partial charge >= 0.3 is 0 Å². The van der Waals surface area contributed by atoms with Crippen LogP contribution in [0.3, 0.4) is 0 Å². The molecule has 2 aromatic rings. The van der Waals surface area contributed by atoms with Gasteiger partial charge < -0.3 is 5.32 Å². The number of amides is 1. The Morgan fingerprint density at radius 1 is 1.30 bits per heavy atom. The van der Waals surface area contributed by atoms with Crippen molar-refractivity contribution in [3.63, 3.8) is 0 Å². The Labute approximate surface area is 159 Å². The molecule has 1 aliphatic heterocycles. The molecule has 7 nitrogen and oxygen atoms in total. The van der Waals surface area contributed by atoms with Gasteiger partial charge in [-0.2, -0.15) is 0 Å². The zero-order chi connectivity index (χ0) is 19.6. The largest absolute Gasteiger partial charge is 0.309 e. The molecule has 142 valence electrons. The van der Waals surface area contributed by atoms with Gasteiger partial charge in [0.1, 0.15) is 17.7 Å². The number of nitrogens with one attached hydrogen (secondary N) is 2. The van der Waals surface area contributed by atoms with Crippen LogP contribution in [0.1, 0.15) is 31.4 Å². The Hall–Kier alpha value is -2.74. The highest BCUT2D eigenvalue weighted by molar-refractivity contribution is 7.90. The van der Waals surface area contributed by atoms with Crippen LogP contribution in [0.15, 0.2) is 52.5 Å². The Kier molecular flexibility index (Phi) is 5.27. The highest BCUT2D eigenvalue weighted by atomic mass is 32.2. The summed E-state index contributed by atoms with van der Waals surface area (Å²) in [5.74, 6) is 0.238. The summed E-state index contributed by atoms with van der Waals surface area (Å²) >= 11 is 0. The molecule has 0 spiro atoms. The molecule has 0 saturated heterocycles. The topological polar surface area (TPSA) is 101 Å². The number of carbonyl (C=O) groups is 1. The number of aromatic nitrogens is 1. The van der Waals surface area contributed by atoms with Gasteiger partial charge in [0, 0.05) is 11.8 Å². The predicted octanol–water partition coefficient (Wildman–Crippen LogP) is 2.48. The van der Waals surface area contributed by atoms with Gasteiger partial charge in [-0.05, 0) is 42.7 Å². The first-order valence-corrected chi connectivity index (χ1v) is 10.2. The second-order valence-electron chi connectivity index (χ2n) is 6.62. The molecule has 0 saturated carbocycles. The number of hydrogen-bond acceptors (Lipinski definition) is 5. The summed E-state index contributed by atoms with van der Waals surface area (Å²) in [5.41, 5.74) is 1.46. The minimum absolute atomic E-state index is 0.0837. The fourth-order valence-corrected chi connectivity index (χ4v) is 4.08. The average Bonchev–Trinajstić information content (AvgIpc) is 2.90. The van der Waals surface area contributed by atoms with Crippen LogP contribution in [0.5, 0.6) is 0 Å². The van der Waals surface area contributed by atoms with Crippen LogP contribution in [0.2, 0.25) is 0 Å². The van der Waals surface area contributed by atoms with E-state index in [0.717, 1.165) is 5.56 Å². The van der Waals surface area contributed by atoms with E-state index in [2.05, 4.69) is 20.0 Å². The number of aliphatic imine (C=N–C) groups is 1. The van der Waals surface area contributed by atoms with E-state index >= 15 is 0 Å². The summed E-state index contributed by atoms with van der Waals surface area (Å²) in [6.45, 7) is 5.78. The smallest absolute Gasteiger partial charge is 0.263 e.